The van der Waals surface area contributed by atoms with Crippen LogP contribution in [0.15, 0.2) is 42.5 Å². The molecule has 0 saturated heterocycles. The molecule has 0 bridgehead atoms. The van der Waals surface area contributed by atoms with Gasteiger partial charge in [-0.1, -0.05) is 43.6 Å². The zero-order chi connectivity index (χ0) is 19.3. The van der Waals surface area contributed by atoms with Gasteiger partial charge in [-0.15, -0.1) is 0 Å². The second kappa shape index (κ2) is 8.84. The van der Waals surface area contributed by atoms with Gasteiger partial charge in [0.1, 0.15) is 11.6 Å². The number of hydrogen-bond acceptors (Lipinski definition) is 3. The zero-order valence-corrected chi connectivity index (χ0v) is 16.6. The molecule has 1 N–H and O–H groups in total. The van der Waals surface area contributed by atoms with Gasteiger partial charge in [-0.2, -0.15) is 0 Å². The molecule has 2 rings (SSSR count). The van der Waals surface area contributed by atoms with Gasteiger partial charge < -0.3 is 4.74 Å². The van der Waals surface area contributed by atoms with Crippen LogP contribution in [0.25, 0.3) is 0 Å². The number of halogens is 2. The average Bonchev–Trinajstić information content (AvgIpc) is 2.57. The normalized spacial score (nSPS) is 13.0. The summed E-state index contributed by atoms with van der Waals surface area (Å²) in [7, 11) is -2.22. The van der Waals surface area contributed by atoms with E-state index in [4.69, 9.17) is 16.3 Å². The molecule has 0 amide bonds. The van der Waals surface area contributed by atoms with E-state index in [1.165, 1.54) is 18.2 Å². The summed E-state index contributed by atoms with van der Waals surface area (Å²) in [4.78, 5) is 0. The number of benzene rings is 2. The summed E-state index contributed by atoms with van der Waals surface area (Å²) in [6, 6.07) is 10.9. The predicted octanol–water partition coefficient (Wildman–Crippen LogP) is 4.69. The van der Waals surface area contributed by atoms with E-state index < -0.39 is 27.6 Å². The fraction of sp³-hybridized carbons (Fsp3) is 0.368. The first-order valence-electron chi connectivity index (χ1n) is 8.28. The second-order valence-electron chi connectivity index (χ2n) is 6.53. The summed E-state index contributed by atoms with van der Waals surface area (Å²) in [5, 5.41) is 0.0974. The Balaban J connectivity index is 2.25. The van der Waals surface area contributed by atoms with Crippen LogP contribution in [0.3, 0.4) is 0 Å². The van der Waals surface area contributed by atoms with Crippen molar-refractivity contribution in [1.82, 2.24) is 4.72 Å². The lowest BCUT2D eigenvalue weighted by molar-refractivity contribution is 0.414. The first-order chi connectivity index (χ1) is 12.2. The van der Waals surface area contributed by atoms with Crippen molar-refractivity contribution in [2.45, 2.75) is 32.1 Å². The molecule has 0 aromatic heterocycles. The fourth-order valence-electron chi connectivity index (χ4n) is 2.68. The SMILES string of the molecule is COc1ccc(C(CC(C)C)NS(=O)(=O)Cc2c(F)cccc2Cl)cc1. The van der Waals surface area contributed by atoms with Crippen LogP contribution in [0.1, 0.15) is 37.4 Å². The molecule has 1 unspecified atom stereocenters. The Morgan fingerprint density at radius 1 is 1.15 bits per heavy atom. The quantitative estimate of drug-likeness (QED) is 0.700. The Bertz CT molecular complexity index is 818. The van der Waals surface area contributed by atoms with E-state index in [-0.39, 0.29) is 16.5 Å². The Labute approximate surface area is 159 Å². The highest BCUT2D eigenvalue weighted by Gasteiger charge is 2.23. The molecule has 142 valence electrons. The Kier molecular flexibility index (Phi) is 7.03. The van der Waals surface area contributed by atoms with Crippen molar-refractivity contribution in [1.29, 1.82) is 0 Å². The molecule has 7 heteroatoms. The lowest BCUT2D eigenvalue weighted by Crippen LogP contribution is -2.31. The third kappa shape index (κ3) is 5.69. The molecule has 0 saturated carbocycles. The van der Waals surface area contributed by atoms with Crippen molar-refractivity contribution < 1.29 is 17.5 Å². The minimum absolute atomic E-state index is 0.0281. The number of ether oxygens (including phenoxy) is 1. The lowest BCUT2D eigenvalue weighted by atomic mass is 9.98. The molecule has 0 spiro atoms. The fourth-order valence-corrected chi connectivity index (χ4v) is 4.41. The second-order valence-corrected chi connectivity index (χ2v) is 8.69. The molecule has 0 aliphatic rings. The molecule has 4 nitrogen and oxygen atoms in total. The van der Waals surface area contributed by atoms with Crippen molar-refractivity contribution in [2.75, 3.05) is 7.11 Å². The number of nitrogens with one attached hydrogen (secondary N) is 1. The highest BCUT2D eigenvalue weighted by molar-refractivity contribution is 7.88. The molecule has 0 aliphatic carbocycles. The van der Waals surface area contributed by atoms with Crippen molar-refractivity contribution in [2.24, 2.45) is 5.92 Å². The van der Waals surface area contributed by atoms with E-state index in [1.807, 2.05) is 26.0 Å². The van der Waals surface area contributed by atoms with E-state index in [0.717, 1.165) is 5.56 Å². The maximum Gasteiger partial charge on any atom is 0.216 e. The molecule has 1 atom stereocenters. The van der Waals surface area contributed by atoms with Gasteiger partial charge in [-0.05, 0) is 42.2 Å². The van der Waals surface area contributed by atoms with Crippen molar-refractivity contribution in [3.8, 4) is 5.75 Å². The van der Waals surface area contributed by atoms with Gasteiger partial charge in [0.2, 0.25) is 10.0 Å². The van der Waals surface area contributed by atoms with E-state index >= 15 is 0 Å². The Morgan fingerprint density at radius 3 is 2.35 bits per heavy atom. The van der Waals surface area contributed by atoms with Crippen molar-refractivity contribution in [3.63, 3.8) is 0 Å². The molecular formula is C19H23ClFNO3S. The standard InChI is InChI=1S/C19H23ClFNO3S/c1-13(2)11-19(14-7-9-15(25-3)10-8-14)22-26(23,24)12-16-17(20)5-4-6-18(16)21/h4-10,13,19,22H,11-12H2,1-3H3. The van der Waals surface area contributed by atoms with Crippen LogP contribution < -0.4 is 9.46 Å². The summed E-state index contributed by atoms with van der Waals surface area (Å²) in [6.45, 7) is 4.02. The van der Waals surface area contributed by atoms with Crippen LogP contribution in [-0.2, 0) is 15.8 Å². The molecule has 2 aromatic rings. The summed E-state index contributed by atoms with van der Waals surface area (Å²) in [5.41, 5.74) is 0.794. The molecular weight excluding hydrogens is 377 g/mol. The summed E-state index contributed by atoms with van der Waals surface area (Å²) < 4.78 is 47.0. The van der Waals surface area contributed by atoms with Crippen molar-refractivity contribution >= 4 is 21.6 Å². The Morgan fingerprint density at radius 2 is 1.81 bits per heavy atom. The van der Waals surface area contributed by atoms with Gasteiger partial charge in [0, 0.05) is 16.6 Å². The first kappa shape index (κ1) is 20.7. The van der Waals surface area contributed by atoms with E-state index in [9.17, 15) is 12.8 Å². The molecule has 0 radical (unpaired) electrons. The third-order valence-electron chi connectivity index (χ3n) is 3.94. The van der Waals surface area contributed by atoms with Gasteiger partial charge in [-0.25, -0.2) is 17.5 Å². The maximum atomic E-state index is 13.9. The van der Waals surface area contributed by atoms with Crippen LogP contribution in [0.5, 0.6) is 5.75 Å². The molecule has 2 aromatic carbocycles. The van der Waals surface area contributed by atoms with Crippen LogP contribution in [0.4, 0.5) is 4.39 Å². The average molecular weight is 400 g/mol. The van der Waals surface area contributed by atoms with Crippen LogP contribution in [0, 0.1) is 11.7 Å². The number of sulfonamides is 1. The molecule has 0 heterocycles. The monoisotopic (exact) mass is 399 g/mol. The predicted molar refractivity (Wildman–Crippen MR) is 102 cm³/mol. The van der Waals surface area contributed by atoms with E-state index in [2.05, 4.69) is 4.72 Å². The molecule has 0 fully saturated rings. The number of methoxy groups -OCH3 is 1. The third-order valence-corrected chi connectivity index (χ3v) is 5.61. The maximum absolute atomic E-state index is 13.9. The summed E-state index contributed by atoms with van der Waals surface area (Å²) >= 11 is 5.96. The number of hydrogen-bond donors (Lipinski definition) is 1. The smallest absolute Gasteiger partial charge is 0.216 e. The van der Waals surface area contributed by atoms with Gasteiger partial charge in [0.15, 0.2) is 0 Å². The van der Waals surface area contributed by atoms with E-state index in [0.29, 0.717) is 12.2 Å². The van der Waals surface area contributed by atoms with Crippen LogP contribution in [-0.4, -0.2) is 15.5 Å². The first-order valence-corrected chi connectivity index (χ1v) is 10.3. The van der Waals surface area contributed by atoms with Gasteiger partial charge >= 0.3 is 0 Å². The van der Waals surface area contributed by atoms with Gasteiger partial charge in [-0.3, -0.25) is 0 Å². The topological polar surface area (TPSA) is 55.4 Å². The van der Waals surface area contributed by atoms with Crippen LogP contribution >= 0.6 is 11.6 Å². The summed E-state index contributed by atoms with van der Waals surface area (Å²) in [6.07, 6.45) is 0.608. The lowest BCUT2D eigenvalue weighted by Gasteiger charge is -2.21. The Hall–Kier alpha value is -1.63. The van der Waals surface area contributed by atoms with E-state index in [1.54, 1.807) is 19.2 Å². The highest BCUT2D eigenvalue weighted by atomic mass is 35.5. The zero-order valence-electron chi connectivity index (χ0n) is 15.0. The molecule has 26 heavy (non-hydrogen) atoms. The van der Waals surface area contributed by atoms with Gasteiger partial charge in [0.25, 0.3) is 0 Å². The van der Waals surface area contributed by atoms with Gasteiger partial charge in [0.05, 0.1) is 12.9 Å². The van der Waals surface area contributed by atoms with Crippen molar-refractivity contribution in [3.05, 3.63) is 64.4 Å². The molecule has 0 aliphatic heterocycles. The summed E-state index contributed by atoms with van der Waals surface area (Å²) in [5.74, 6) is -0.184. The number of rotatable bonds is 8. The minimum Gasteiger partial charge on any atom is -0.497 e. The highest BCUT2D eigenvalue weighted by Crippen LogP contribution is 2.26. The minimum atomic E-state index is -3.79. The largest absolute Gasteiger partial charge is 0.497 e. The van der Waals surface area contributed by atoms with Crippen LogP contribution in [0.2, 0.25) is 5.02 Å².